The fraction of sp³-hybridized carbons (Fsp3) is 0.333. The molecule has 1 rings (SSSR count). The molecule has 2 N–H and O–H groups in total. The lowest BCUT2D eigenvalue weighted by Gasteiger charge is -2.12. The Labute approximate surface area is 108 Å². The Hall–Kier alpha value is -2.20. The Balaban J connectivity index is 3.21. The number of nitrogens with two attached hydrogens (primary N) is 1. The first-order valence-electron chi connectivity index (χ1n) is 5.29. The molecule has 0 saturated heterocycles. The van der Waals surface area contributed by atoms with Crippen molar-refractivity contribution in [3.05, 3.63) is 28.8 Å². The van der Waals surface area contributed by atoms with E-state index < -0.39 is 12.6 Å². The smallest absolute Gasteiger partial charge is 0.387 e. The number of rotatable bonds is 5. The third-order valence-corrected chi connectivity index (χ3v) is 2.41. The van der Waals surface area contributed by atoms with Crippen molar-refractivity contribution < 1.29 is 23.0 Å². The molecule has 0 fully saturated rings. The lowest BCUT2D eigenvalue weighted by molar-refractivity contribution is -0.139. The van der Waals surface area contributed by atoms with Crippen molar-refractivity contribution in [2.45, 2.75) is 19.6 Å². The molecule has 1 aromatic rings. The number of esters is 1. The number of carbonyl (C=O) groups excluding carboxylic acids is 1. The van der Waals surface area contributed by atoms with E-state index in [9.17, 15) is 13.6 Å². The highest BCUT2D eigenvalue weighted by atomic mass is 19.3. The zero-order valence-corrected chi connectivity index (χ0v) is 10.2. The SMILES string of the molecule is COC(=O)Cc1cc(OC(F)F)c(CN)cc1C#N. The number of halogens is 2. The Bertz CT molecular complexity index is 512. The summed E-state index contributed by atoms with van der Waals surface area (Å²) in [5.74, 6) is -0.726. The molecule has 0 aliphatic carbocycles. The molecular weight excluding hydrogens is 258 g/mol. The lowest BCUT2D eigenvalue weighted by Crippen LogP contribution is -2.11. The first-order valence-corrected chi connectivity index (χ1v) is 5.29. The van der Waals surface area contributed by atoms with Crippen LogP contribution in [0.3, 0.4) is 0 Å². The van der Waals surface area contributed by atoms with E-state index in [2.05, 4.69) is 9.47 Å². The summed E-state index contributed by atoms with van der Waals surface area (Å²) in [6, 6.07) is 4.42. The van der Waals surface area contributed by atoms with Crippen molar-refractivity contribution in [3.63, 3.8) is 0 Å². The molecule has 0 atom stereocenters. The van der Waals surface area contributed by atoms with Gasteiger partial charge < -0.3 is 15.2 Å². The molecule has 0 heterocycles. The number of hydrogen-bond acceptors (Lipinski definition) is 5. The lowest BCUT2D eigenvalue weighted by atomic mass is 10.0. The molecule has 7 heteroatoms. The fourth-order valence-corrected chi connectivity index (χ4v) is 1.51. The largest absolute Gasteiger partial charge is 0.469 e. The molecule has 0 saturated carbocycles. The highest BCUT2D eigenvalue weighted by Gasteiger charge is 2.15. The highest BCUT2D eigenvalue weighted by molar-refractivity contribution is 5.74. The van der Waals surface area contributed by atoms with Gasteiger partial charge in [0.2, 0.25) is 0 Å². The predicted octanol–water partition coefficient (Wildman–Crippen LogP) is 1.33. The van der Waals surface area contributed by atoms with Crippen LogP contribution in [0.15, 0.2) is 12.1 Å². The molecule has 0 unspecified atom stereocenters. The zero-order valence-electron chi connectivity index (χ0n) is 10.2. The maximum atomic E-state index is 12.3. The number of nitriles is 1. The molecule has 0 aliphatic rings. The summed E-state index contributed by atoms with van der Waals surface area (Å²) in [5, 5.41) is 8.96. The topological polar surface area (TPSA) is 85.3 Å². The van der Waals surface area contributed by atoms with Crippen LogP contribution in [0.1, 0.15) is 16.7 Å². The van der Waals surface area contributed by atoms with E-state index in [1.165, 1.54) is 19.2 Å². The fourth-order valence-electron chi connectivity index (χ4n) is 1.51. The van der Waals surface area contributed by atoms with Crippen LogP contribution in [-0.4, -0.2) is 19.7 Å². The van der Waals surface area contributed by atoms with Gasteiger partial charge in [-0.25, -0.2) is 0 Å². The summed E-state index contributed by atoms with van der Waals surface area (Å²) in [4.78, 5) is 11.2. The van der Waals surface area contributed by atoms with Crippen LogP contribution >= 0.6 is 0 Å². The average molecular weight is 270 g/mol. The second-order valence-electron chi connectivity index (χ2n) is 3.56. The van der Waals surface area contributed by atoms with E-state index in [1.54, 1.807) is 0 Å². The van der Waals surface area contributed by atoms with Gasteiger partial charge in [0.15, 0.2) is 0 Å². The average Bonchev–Trinajstić information content (AvgIpc) is 2.38. The number of ether oxygens (including phenoxy) is 2. The summed E-state index contributed by atoms with van der Waals surface area (Å²) in [5.41, 5.74) is 6.10. The predicted molar refractivity (Wildman–Crippen MR) is 61.4 cm³/mol. The monoisotopic (exact) mass is 270 g/mol. The van der Waals surface area contributed by atoms with Crippen LogP contribution in [0.4, 0.5) is 8.78 Å². The van der Waals surface area contributed by atoms with Crippen LogP contribution in [0.5, 0.6) is 5.75 Å². The zero-order chi connectivity index (χ0) is 14.4. The minimum Gasteiger partial charge on any atom is -0.469 e. The van der Waals surface area contributed by atoms with Crippen LogP contribution in [0.2, 0.25) is 0 Å². The molecular formula is C12H12F2N2O3. The van der Waals surface area contributed by atoms with Gasteiger partial charge in [-0.2, -0.15) is 14.0 Å². The molecule has 1 aromatic carbocycles. The summed E-state index contributed by atoms with van der Waals surface area (Å²) in [6.07, 6.45) is -0.205. The second kappa shape index (κ2) is 6.66. The first kappa shape index (κ1) is 14.9. The summed E-state index contributed by atoms with van der Waals surface area (Å²) in [7, 11) is 1.19. The van der Waals surface area contributed by atoms with Gasteiger partial charge in [-0.1, -0.05) is 0 Å². The van der Waals surface area contributed by atoms with E-state index in [0.29, 0.717) is 0 Å². The summed E-state index contributed by atoms with van der Waals surface area (Å²) < 4.78 is 33.3. The van der Waals surface area contributed by atoms with Crippen molar-refractivity contribution in [2.75, 3.05) is 7.11 Å². The molecule has 0 spiro atoms. The van der Waals surface area contributed by atoms with E-state index in [-0.39, 0.29) is 35.4 Å². The number of methoxy groups -OCH3 is 1. The molecule has 102 valence electrons. The van der Waals surface area contributed by atoms with Crippen molar-refractivity contribution >= 4 is 5.97 Å². The van der Waals surface area contributed by atoms with Gasteiger partial charge >= 0.3 is 12.6 Å². The third-order valence-electron chi connectivity index (χ3n) is 2.41. The Morgan fingerprint density at radius 1 is 1.47 bits per heavy atom. The minimum atomic E-state index is -3.01. The number of hydrogen-bond donors (Lipinski definition) is 1. The van der Waals surface area contributed by atoms with Gasteiger partial charge in [0.25, 0.3) is 0 Å². The number of benzene rings is 1. The number of alkyl halides is 2. The van der Waals surface area contributed by atoms with Gasteiger partial charge in [-0.05, 0) is 17.7 Å². The molecule has 0 aromatic heterocycles. The molecule has 0 bridgehead atoms. The van der Waals surface area contributed by atoms with E-state index in [4.69, 9.17) is 11.0 Å². The van der Waals surface area contributed by atoms with Gasteiger partial charge in [0, 0.05) is 12.1 Å². The maximum absolute atomic E-state index is 12.3. The number of nitrogens with zero attached hydrogens (tertiary/aromatic N) is 1. The standard InChI is InChI=1S/C12H12F2N2O3/c1-18-11(17)4-7-3-10(19-12(13)14)9(6-16)2-8(7)5-15/h2-3,12H,4,6,16H2,1H3. The molecule has 5 nitrogen and oxygen atoms in total. The summed E-state index contributed by atoms with van der Waals surface area (Å²) in [6.45, 7) is -3.07. The second-order valence-corrected chi connectivity index (χ2v) is 3.56. The van der Waals surface area contributed by atoms with Gasteiger partial charge in [0.05, 0.1) is 25.2 Å². The van der Waals surface area contributed by atoms with Crippen LogP contribution in [0, 0.1) is 11.3 Å². The van der Waals surface area contributed by atoms with Crippen LogP contribution in [0.25, 0.3) is 0 Å². The normalized spacial score (nSPS) is 10.1. The van der Waals surface area contributed by atoms with E-state index in [1.807, 2.05) is 6.07 Å². The first-order chi connectivity index (χ1) is 9.01. The molecule has 19 heavy (non-hydrogen) atoms. The van der Waals surface area contributed by atoms with Crippen molar-refractivity contribution in [1.82, 2.24) is 0 Å². The van der Waals surface area contributed by atoms with Gasteiger partial charge in [-0.15, -0.1) is 0 Å². The Morgan fingerprint density at radius 2 is 2.16 bits per heavy atom. The number of carbonyl (C=O) groups is 1. The van der Waals surface area contributed by atoms with Crippen molar-refractivity contribution in [2.24, 2.45) is 5.73 Å². The maximum Gasteiger partial charge on any atom is 0.387 e. The Kier molecular flexibility index (Phi) is 5.21. The minimum absolute atomic E-state index is 0.0603. The van der Waals surface area contributed by atoms with Crippen LogP contribution < -0.4 is 10.5 Å². The van der Waals surface area contributed by atoms with E-state index >= 15 is 0 Å². The van der Waals surface area contributed by atoms with E-state index in [0.717, 1.165) is 0 Å². The molecule has 0 amide bonds. The van der Waals surface area contributed by atoms with Gasteiger partial charge in [-0.3, -0.25) is 4.79 Å². The van der Waals surface area contributed by atoms with Gasteiger partial charge in [0.1, 0.15) is 5.75 Å². The van der Waals surface area contributed by atoms with Crippen LogP contribution in [-0.2, 0) is 22.5 Å². The quantitative estimate of drug-likeness (QED) is 0.816. The third kappa shape index (κ3) is 3.89. The molecule has 0 aliphatic heterocycles. The highest BCUT2D eigenvalue weighted by Crippen LogP contribution is 2.25. The van der Waals surface area contributed by atoms with Crippen molar-refractivity contribution in [1.29, 1.82) is 5.26 Å². The molecule has 0 radical (unpaired) electrons. The van der Waals surface area contributed by atoms with Crippen molar-refractivity contribution in [3.8, 4) is 11.8 Å². The summed E-state index contributed by atoms with van der Waals surface area (Å²) >= 11 is 0. The Morgan fingerprint density at radius 3 is 2.63 bits per heavy atom.